The molecule has 0 aromatic heterocycles. The van der Waals surface area contributed by atoms with E-state index >= 15 is 0 Å². The van der Waals surface area contributed by atoms with Gasteiger partial charge in [-0.05, 0) is 56.8 Å². The highest BCUT2D eigenvalue weighted by Crippen LogP contribution is 2.28. The van der Waals surface area contributed by atoms with E-state index in [0.717, 1.165) is 25.6 Å². The maximum Gasteiger partial charge on any atom is 0.0369 e. The Balaban J connectivity index is 2.05. The van der Waals surface area contributed by atoms with E-state index in [1.165, 1.54) is 43.4 Å². The largest absolute Gasteiger partial charge is 0.370 e. The first-order chi connectivity index (χ1) is 10.2. The Labute approximate surface area is 130 Å². The molecule has 1 atom stereocenters. The smallest absolute Gasteiger partial charge is 0.0369 e. The van der Waals surface area contributed by atoms with Gasteiger partial charge in [-0.3, -0.25) is 0 Å². The van der Waals surface area contributed by atoms with Gasteiger partial charge in [0.25, 0.3) is 0 Å². The van der Waals surface area contributed by atoms with E-state index in [9.17, 15) is 0 Å². The minimum atomic E-state index is 0.635. The van der Waals surface area contributed by atoms with Crippen LogP contribution in [0.4, 0.5) is 5.69 Å². The Morgan fingerprint density at radius 1 is 1.19 bits per heavy atom. The van der Waals surface area contributed by atoms with Gasteiger partial charge in [-0.15, -0.1) is 0 Å². The lowest BCUT2D eigenvalue weighted by Gasteiger charge is -2.35. The number of nitrogens with one attached hydrogen (secondary N) is 1. The summed E-state index contributed by atoms with van der Waals surface area (Å²) >= 11 is 0. The first kappa shape index (κ1) is 16.4. The second-order valence-electron chi connectivity index (χ2n) is 6.44. The molecule has 118 valence electrons. The van der Waals surface area contributed by atoms with Crippen molar-refractivity contribution in [2.75, 3.05) is 24.5 Å². The summed E-state index contributed by atoms with van der Waals surface area (Å²) in [5, 5.41) is 3.76. The zero-order valence-electron chi connectivity index (χ0n) is 14.1. The molecule has 1 aromatic rings. The zero-order valence-corrected chi connectivity index (χ0v) is 14.1. The molecule has 0 heterocycles. The number of likely N-dealkylation sites (N-methyl/N-ethyl adjacent to an activating group) is 2. The minimum Gasteiger partial charge on any atom is -0.370 e. The van der Waals surface area contributed by atoms with Crippen molar-refractivity contribution < 1.29 is 0 Å². The van der Waals surface area contributed by atoms with Gasteiger partial charge in [0.1, 0.15) is 0 Å². The minimum absolute atomic E-state index is 0.635. The lowest BCUT2D eigenvalue weighted by atomic mass is 9.83. The number of hydrogen-bond acceptors (Lipinski definition) is 2. The van der Waals surface area contributed by atoms with Gasteiger partial charge in [-0.25, -0.2) is 0 Å². The predicted octanol–water partition coefficient (Wildman–Crippen LogP) is 4.38. The Morgan fingerprint density at radius 3 is 2.57 bits per heavy atom. The molecule has 1 aliphatic rings. The van der Waals surface area contributed by atoms with Crippen LogP contribution in [0, 0.1) is 12.8 Å². The van der Waals surface area contributed by atoms with Gasteiger partial charge in [-0.2, -0.15) is 0 Å². The summed E-state index contributed by atoms with van der Waals surface area (Å²) in [6.07, 6.45) is 7.09. The molecule has 2 nitrogen and oxygen atoms in total. The van der Waals surface area contributed by atoms with Crippen LogP contribution in [0.2, 0.25) is 0 Å². The van der Waals surface area contributed by atoms with E-state index in [2.05, 4.69) is 55.3 Å². The highest BCUT2D eigenvalue weighted by Gasteiger charge is 2.24. The molecular weight excluding hydrogens is 256 g/mol. The molecule has 0 spiro atoms. The summed E-state index contributed by atoms with van der Waals surface area (Å²) in [5.74, 6) is 0.859. The number of benzene rings is 1. The molecule has 1 N–H and O–H groups in total. The quantitative estimate of drug-likeness (QED) is 0.801. The number of nitrogens with zero attached hydrogens (tertiary/aromatic N) is 1. The summed E-state index contributed by atoms with van der Waals surface area (Å²) in [4.78, 5) is 2.54. The van der Waals surface area contributed by atoms with Crippen LogP contribution in [0.15, 0.2) is 24.3 Å². The maximum atomic E-state index is 3.76. The summed E-state index contributed by atoms with van der Waals surface area (Å²) in [5.41, 5.74) is 2.72. The average molecular weight is 288 g/mol. The second-order valence-corrected chi connectivity index (χ2v) is 6.44. The lowest BCUT2D eigenvalue weighted by Crippen LogP contribution is -2.46. The molecule has 0 saturated heterocycles. The zero-order chi connectivity index (χ0) is 15.1. The van der Waals surface area contributed by atoms with Crippen LogP contribution in [-0.4, -0.2) is 25.7 Å². The fraction of sp³-hybridized carbons (Fsp3) is 0.684. The first-order valence-corrected chi connectivity index (χ1v) is 8.79. The highest BCUT2D eigenvalue weighted by molar-refractivity contribution is 5.48. The number of hydrogen-bond donors (Lipinski definition) is 1. The monoisotopic (exact) mass is 288 g/mol. The molecule has 0 bridgehead atoms. The van der Waals surface area contributed by atoms with Gasteiger partial charge in [0.15, 0.2) is 0 Å². The fourth-order valence-corrected chi connectivity index (χ4v) is 3.66. The van der Waals surface area contributed by atoms with Crippen molar-refractivity contribution in [1.29, 1.82) is 0 Å². The molecule has 1 aromatic carbocycles. The van der Waals surface area contributed by atoms with Crippen molar-refractivity contribution in [2.45, 2.75) is 58.9 Å². The molecule has 2 heteroatoms. The number of rotatable bonds is 7. The lowest BCUT2D eigenvalue weighted by molar-refractivity contribution is 0.272. The van der Waals surface area contributed by atoms with E-state index in [-0.39, 0.29) is 0 Å². The molecular formula is C19H32N2. The summed E-state index contributed by atoms with van der Waals surface area (Å²) < 4.78 is 0. The topological polar surface area (TPSA) is 15.3 Å². The van der Waals surface area contributed by atoms with E-state index in [1.807, 2.05) is 0 Å². The third-order valence-electron chi connectivity index (χ3n) is 4.85. The SMILES string of the molecule is CCNC(CN(CC)c1cccc(C)c1)C1CCCCC1. The van der Waals surface area contributed by atoms with Gasteiger partial charge in [0.2, 0.25) is 0 Å². The van der Waals surface area contributed by atoms with Crippen molar-refractivity contribution in [3.8, 4) is 0 Å². The van der Waals surface area contributed by atoms with Gasteiger partial charge < -0.3 is 10.2 Å². The van der Waals surface area contributed by atoms with Crippen LogP contribution in [0.25, 0.3) is 0 Å². The van der Waals surface area contributed by atoms with Gasteiger partial charge in [0.05, 0.1) is 0 Å². The molecule has 0 aliphatic heterocycles. The van der Waals surface area contributed by atoms with Crippen LogP contribution in [0.5, 0.6) is 0 Å². The van der Waals surface area contributed by atoms with Gasteiger partial charge >= 0.3 is 0 Å². The van der Waals surface area contributed by atoms with Crippen molar-refractivity contribution in [3.05, 3.63) is 29.8 Å². The molecule has 2 rings (SSSR count). The Morgan fingerprint density at radius 2 is 1.95 bits per heavy atom. The van der Waals surface area contributed by atoms with Crippen LogP contribution in [0.3, 0.4) is 0 Å². The first-order valence-electron chi connectivity index (χ1n) is 8.79. The predicted molar refractivity (Wildman–Crippen MR) is 93.1 cm³/mol. The Kier molecular flexibility index (Phi) is 6.56. The van der Waals surface area contributed by atoms with Crippen molar-refractivity contribution in [1.82, 2.24) is 5.32 Å². The van der Waals surface area contributed by atoms with Crippen molar-refractivity contribution in [3.63, 3.8) is 0 Å². The molecule has 21 heavy (non-hydrogen) atoms. The molecule has 1 saturated carbocycles. The van der Waals surface area contributed by atoms with Crippen molar-refractivity contribution >= 4 is 5.69 Å². The number of aryl methyl sites for hydroxylation is 1. The van der Waals surface area contributed by atoms with E-state index < -0.39 is 0 Å². The Bertz CT molecular complexity index is 410. The molecule has 1 fully saturated rings. The third kappa shape index (κ3) is 4.74. The normalized spacial score (nSPS) is 17.7. The van der Waals surface area contributed by atoms with Crippen LogP contribution < -0.4 is 10.2 Å². The van der Waals surface area contributed by atoms with Crippen LogP contribution in [0.1, 0.15) is 51.5 Å². The van der Waals surface area contributed by atoms with E-state index in [1.54, 1.807) is 0 Å². The summed E-state index contributed by atoms with van der Waals surface area (Å²) in [7, 11) is 0. The highest BCUT2D eigenvalue weighted by atomic mass is 15.2. The van der Waals surface area contributed by atoms with E-state index in [0.29, 0.717) is 6.04 Å². The summed E-state index contributed by atoms with van der Waals surface area (Å²) in [6.45, 7) is 9.98. The van der Waals surface area contributed by atoms with Gasteiger partial charge in [0, 0.05) is 24.8 Å². The fourth-order valence-electron chi connectivity index (χ4n) is 3.66. The third-order valence-corrected chi connectivity index (χ3v) is 4.85. The second kappa shape index (κ2) is 8.43. The maximum absolute atomic E-state index is 3.76. The summed E-state index contributed by atoms with van der Waals surface area (Å²) in [6, 6.07) is 9.56. The van der Waals surface area contributed by atoms with Crippen molar-refractivity contribution in [2.24, 2.45) is 5.92 Å². The van der Waals surface area contributed by atoms with Crippen LogP contribution in [-0.2, 0) is 0 Å². The number of anilines is 1. The molecule has 1 unspecified atom stereocenters. The van der Waals surface area contributed by atoms with Gasteiger partial charge in [-0.1, -0.05) is 38.3 Å². The molecule has 0 amide bonds. The van der Waals surface area contributed by atoms with Crippen LogP contribution >= 0.6 is 0 Å². The standard InChI is InChI=1S/C19H32N2/c1-4-20-19(17-11-7-6-8-12-17)15-21(5-2)18-13-9-10-16(3)14-18/h9-10,13-14,17,19-20H,4-8,11-12,15H2,1-3H3. The Hall–Kier alpha value is -1.02. The average Bonchev–Trinajstić information content (AvgIpc) is 2.52. The van der Waals surface area contributed by atoms with E-state index in [4.69, 9.17) is 0 Å². The molecule has 1 aliphatic carbocycles. The molecule has 0 radical (unpaired) electrons.